The summed E-state index contributed by atoms with van der Waals surface area (Å²) in [6, 6.07) is 5.32. The van der Waals surface area contributed by atoms with Gasteiger partial charge in [-0.25, -0.2) is 13.6 Å². The number of amides is 1. The fraction of sp³-hybridized carbons (Fsp3) is 0.222. The van der Waals surface area contributed by atoms with Gasteiger partial charge in [0.1, 0.15) is 6.10 Å². The van der Waals surface area contributed by atoms with Crippen molar-refractivity contribution in [2.24, 2.45) is 5.14 Å². The summed E-state index contributed by atoms with van der Waals surface area (Å²) in [7, 11) is -3.73. The zero-order valence-corrected chi connectivity index (χ0v) is 9.36. The quantitative estimate of drug-likeness (QED) is 0.675. The van der Waals surface area contributed by atoms with E-state index in [1.807, 2.05) is 0 Å². The lowest BCUT2D eigenvalue weighted by atomic mass is 10.3. The van der Waals surface area contributed by atoms with Crippen molar-refractivity contribution < 1.29 is 18.3 Å². The average Bonchev–Trinajstić information content (AvgIpc) is 2.17. The number of hydrogen-bond donors (Lipinski definition) is 3. The Kier molecular flexibility index (Phi) is 3.63. The summed E-state index contributed by atoms with van der Waals surface area (Å²) in [5.74, 6) is -0.566. The number of carbonyl (C=O) groups excluding carboxylic acids is 1. The second-order valence-corrected chi connectivity index (χ2v) is 4.80. The van der Waals surface area contributed by atoms with E-state index in [0.29, 0.717) is 5.69 Å². The highest BCUT2D eigenvalue weighted by Gasteiger charge is 2.10. The van der Waals surface area contributed by atoms with Crippen LogP contribution in [0.25, 0.3) is 0 Å². The summed E-state index contributed by atoms with van der Waals surface area (Å²) in [6.07, 6.45) is -1.13. The van der Waals surface area contributed by atoms with Crippen LogP contribution in [0.2, 0.25) is 0 Å². The van der Waals surface area contributed by atoms with E-state index in [-0.39, 0.29) is 4.90 Å². The Morgan fingerprint density at radius 2 is 1.88 bits per heavy atom. The van der Waals surface area contributed by atoms with Crippen LogP contribution < -0.4 is 10.5 Å². The minimum atomic E-state index is -3.73. The van der Waals surface area contributed by atoms with Gasteiger partial charge in [-0.3, -0.25) is 4.79 Å². The maximum absolute atomic E-state index is 11.1. The first-order valence-corrected chi connectivity index (χ1v) is 5.97. The number of nitrogens with one attached hydrogen (secondary N) is 1. The van der Waals surface area contributed by atoms with Crippen molar-refractivity contribution in [3.63, 3.8) is 0 Å². The number of benzene rings is 1. The number of nitrogens with two attached hydrogens (primary N) is 1. The normalized spacial score (nSPS) is 13.2. The van der Waals surface area contributed by atoms with Crippen LogP contribution in [0, 0.1) is 0 Å². The number of rotatable bonds is 3. The predicted molar refractivity (Wildman–Crippen MR) is 58.1 cm³/mol. The SMILES string of the molecule is CC(O)C(=O)Nc1ccc(S(N)(=O)=O)cc1. The van der Waals surface area contributed by atoms with E-state index in [1.54, 1.807) is 0 Å². The zero-order chi connectivity index (χ0) is 12.3. The number of sulfonamides is 1. The number of primary sulfonamides is 1. The highest BCUT2D eigenvalue weighted by molar-refractivity contribution is 7.89. The molecule has 0 aliphatic heterocycles. The predicted octanol–water partition coefficient (Wildman–Crippen LogP) is -0.347. The molecule has 6 nitrogen and oxygen atoms in total. The van der Waals surface area contributed by atoms with Gasteiger partial charge in [0.2, 0.25) is 10.0 Å². The molecule has 88 valence electrons. The van der Waals surface area contributed by atoms with Gasteiger partial charge in [0.15, 0.2) is 0 Å². The Bertz CT molecular complexity index is 479. The van der Waals surface area contributed by atoms with Crippen LogP contribution in [0.3, 0.4) is 0 Å². The van der Waals surface area contributed by atoms with Crippen LogP contribution in [0.1, 0.15) is 6.92 Å². The Morgan fingerprint density at radius 3 is 2.25 bits per heavy atom. The Morgan fingerprint density at radius 1 is 1.38 bits per heavy atom. The first kappa shape index (κ1) is 12.6. The molecule has 1 unspecified atom stereocenters. The molecule has 0 spiro atoms. The lowest BCUT2D eigenvalue weighted by molar-refractivity contribution is -0.123. The van der Waals surface area contributed by atoms with E-state index < -0.39 is 22.0 Å². The molecule has 0 saturated carbocycles. The minimum Gasteiger partial charge on any atom is -0.384 e. The van der Waals surface area contributed by atoms with Gasteiger partial charge in [-0.05, 0) is 31.2 Å². The fourth-order valence-corrected chi connectivity index (χ4v) is 1.49. The van der Waals surface area contributed by atoms with Crippen LogP contribution >= 0.6 is 0 Å². The Balaban J connectivity index is 2.84. The monoisotopic (exact) mass is 244 g/mol. The van der Waals surface area contributed by atoms with Crippen molar-refractivity contribution >= 4 is 21.6 Å². The molecule has 0 fully saturated rings. The minimum absolute atomic E-state index is 0.0393. The molecule has 0 bridgehead atoms. The van der Waals surface area contributed by atoms with Crippen LogP contribution in [-0.2, 0) is 14.8 Å². The first-order valence-electron chi connectivity index (χ1n) is 4.42. The number of aliphatic hydroxyl groups is 1. The van der Waals surface area contributed by atoms with Crippen LogP contribution in [0.15, 0.2) is 29.2 Å². The molecule has 0 radical (unpaired) electrons. The maximum Gasteiger partial charge on any atom is 0.252 e. The number of carbonyl (C=O) groups is 1. The number of aliphatic hydroxyl groups excluding tert-OH is 1. The zero-order valence-electron chi connectivity index (χ0n) is 8.54. The van der Waals surface area contributed by atoms with Gasteiger partial charge in [0, 0.05) is 5.69 Å². The van der Waals surface area contributed by atoms with Gasteiger partial charge >= 0.3 is 0 Å². The first-order chi connectivity index (χ1) is 7.30. The number of hydrogen-bond acceptors (Lipinski definition) is 4. The van der Waals surface area contributed by atoms with Crippen molar-refractivity contribution in [2.75, 3.05) is 5.32 Å². The van der Waals surface area contributed by atoms with Crippen LogP contribution in [-0.4, -0.2) is 25.5 Å². The van der Waals surface area contributed by atoms with E-state index in [0.717, 1.165) is 0 Å². The van der Waals surface area contributed by atoms with Crippen LogP contribution in [0.5, 0.6) is 0 Å². The second kappa shape index (κ2) is 4.60. The van der Waals surface area contributed by atoms with E-state index in [9.17, 15) is 13.2 Å². The van der Waals surface area contributed by atoms with Crippen molar-refractivity contribution in [2.45, 2.75) is 17.9 Å². The summed E-state index contributed by atoms with van der Waals surface area (Å²) in [6.45, 7) is 1.33. The molecular weight excluding hydrogens is 232 g/mol. The van der Waals surface area contributed by atoms with Gasteiger partial charge < -0.3 is 10.4 Å². The maximum atomic E-state index is 11.1. The van der Waals surface area contributed by atoms with Gasteiger partial charge in [0.25, 0.3) is 5.91 Å². The molecule has 0 saturated heterocycles. The summed E-state index contributed by atoms with van der Waals surface area (Å²) >= 11 is 0. The van der Waals surface area contributed by atoms with Gasteiger partial charge in [-0.1, -0.05) is 0 Å². The molecular formula is C9H12N2O4S. The summed E-state index contributed by atoms with van der Waals surface area (Å²) < 4.78 is 21.9. The van der Waals surface area contributed by atoms with Crippen molar-refractivity contribution in [3.05, 3.63) is 24.3 Å². The van der Waals surface area contributed by atoms with Crippen molar-refractivity contribution in [1.29, 1.82) is 0 Å². The molecule has 0 aliphatic rings. The van der Waals surface area contributed by atoms with E-state index in [4.69, 9.17) is 10.2 Å². The van der Waals surface area contributed by atoms with Crippen molar-refractivity contribution in [3.8, 4) is 0 Å². The summed E-state index contributed by atoms with van der Waals surface area (Å²) in [4.78, 5) is 11.1. The van der Waals surface area contributed by atoms with Gasteiger partial charge in [0.05, 0.1) is 4.90 Å². The average molecular weight is 244 g/mol. The lowest BCUT2D eigenvalue weighted by Crippen LogP contribution is -2.24. The smallest absolute Gasteiger partial charge is 0.252 e. The fourth-order valence-electron chi connectivity index (χ4n) is 0.975. The molecule has 4 N–H and O–H groups in total. The van der Waals surface area contributed by atoms with Crippen molar-refractivity contribution in [1.82, 2.24) is 0 Å². The lowest BCUT2D eigenvalue weighted by Gasteiger charge is -2.07. The molecule has 1 aromatic carbocycles. The second-order valence-electron chi connectivity index (χ2n) is 3.23. The summed E-state index contributed by atoms with van der Waals surface area (Å²) in [5, 5.41) is 16.2. The molecule has 16 heavy (non-hydrogen) atoms. The molecule has 0 heterocycles. The molecule has 1 aromatic rings. The topological polar surface area (TPSA) is 109 Å². The molecule has 1 atom stereocenters. The number of anilines is 1. The van der Waals surface area contributed by atoms with Gasteiger partial charge in [-0.2, -0.15) is 0 Å². The van der Waals surface area contributed by atoms with Gasteiger partial charge in [-0.15, -0.1) is 0 Å². The largest absolute Gasteiger partial charge is 0.384 e. The highest BCUT2D eigenvalue weighted by atomic mass is 32.2. The third-order valence-electron chi connectivity index (χ3n) is 1.83. The third kappa shape index (κ3) is 3.30. The van der Waals surface area contributed by atoms with Crippen LogP contribution in [0.4, 0.5) is 5.69 Å². The van der Waals surface area contributed by atoms with E-state index in [2.05, 4.69) is 5.32 Å². The highest BCUT2D eigenvalue weighted by Crippen LogP contribution is 2.12. The Hall–Kier alpha value is -1.44. The molecule has 0 aliphatic carbocycles. The molecule has 1 amide bonds. The molecule has 1 rings (SSSR count). The standard InChI is InChI=1S/C9H12N2O4S/c1-6(12)9(13)11-7-2-4-8(5-3-7)16(10,14)15/h2-6,12H,1H3,(H,11,13)(H2,10,14,15). The summed E-state index contributed by atoms with van der Waals surface area (Å²) in [5.41, 5.74) is 0.387. The molecule has 0 aromatic heterocycles. The van der Waals surface area contributed by atoms with E-state index in [1.165, 1.54) is 31.2 Å². The van der Waals surface area contributed by atoms with E-state index >= 15 is 0 Å². The Labute approximate surface area is 93.1 Å². The molecule has 7 heteroatoms. The third-order valence-corrected chi connectivity index (χ3v) is 2.76.